The van der Waals surface area contributed by atoms with Gasteiger partial charge in [-0.25, -0.2) is 0 Å². The third kappa shape index (κ3) is 39.9. The average molecular weight is 1020 g/mol. The second-order valence-electron chi connectivity index (χ2n) is 18.0. The van der Waals surface area contributed by atoms with Gasteiger partial charge < -0.3 is 48.5 Å². The SMILES string of the molecule is CC(=O)NC(CCCCN)C(=O)CCCC(=O)CCCC(=O)CCCC(=O)CCCC(=O)CCCC(=O)CC(CCCCN)C(=O)NCCC(=O)NCCC(=O)NCCC(=O)NCCC(=O)NCCC(=O)O. The maximum absolute atomic E-state index is 13.0. The first kappa shape index (κ1) is 66.2. The number of rotatable bonds is 48. The highest BCUT2D eigenvalue weighted by molar-refractivity contribution is 5.90. The van der Waals surface area contributed by atoms with Crippen LogP contribution in [0.25, 0.3) is 0 Å². The summed E-state index contributed by atoms with van der Waals surface area (Å²) in [4.78, 5) is 158. The van der Waals surface area contributed by atoms with Crippen LogP contribution in [-0.2, 0) is 62.3 Å². The minimum Gasteiger partial charge on any atom is -0.481 e. The van der Waals surface area contributed by atoms with Gasteiger partial charge in [-0.15, -0.1) is 0 Å². The number of unbranched alkanes of at least 4 members (excludes halogenated alkanes) is 2. The first-order chi connectivity index (χ1) is 34.4. The average Bonchev–Trinajstić information content (AvgIpc) is 3.30. The van der Waals surface area contributed by atoms with Crippen molar-refractivity contribution >= 4 is 76.1 Å². The lowest BCUT2D eigenvalue weighted by molar-refractivity contribution is -0.137. The normalized spacial score (nSPS) is 11.6. The molecule has 6 amide bonds. The van der Waals surface area contributed by atoms with E-state index in [1.165, 1.54) is 6.92 Å². The zero-order chi connectivity index (χ0) is 53.9. The Morgan fingerprint density at radius 2 is 0.722 bits per heavy atom. The molecule has 0 radical (unpaired) electrons. The van der Waals surface area contributed by atoms with Gasteiger partial charge in [0.1, 0.15) is 28.9 Å². The zero-order valence-corrected chi connectivity index (χ0v) is 42.6. The molecule has 0 rings (SSSR count). The number of carboxylic acid groups (broad SMARTS) is 1. The van der Waals surface area contributed by atoms with Crippen LogP contribution in [-0.4, -0.2) is 133 Å². The van der Waals surface area contributed by atoms with Crippen LogP contribution in [0.2, 0.25) is 0 Å². The minimum absolute atomic E-state index is 0.00552. The fourth-order valence-electron chi connectivity index (χ4n) is 7.41. The monoisotopic (exact) mass is 1020 g/mol. The number of hydrogen-bond acceptors (Lipinski definition) is 15. The lowest BCUT2D eigenvalue weighted by atomic mass is 9.93. The highest BCUT2D eigenvalue weighted by Gasteiger charge is 2.22. The molecule has 2 atom stereocenters. The molecule has 2 unspecified atom stereocenters. The number of nitrogens with one attached hydrogen (secondary N) is 6. The zero-order valence-electron chi connectivity index (χ0n) is 42.6. The molecule has 0 spiro atoms. The number of Topliss-reactive ketones (excluding diaryl/α,β-unsaturated/α-hetero) is 6. The Morgan fingerprint density at radius 1 is 0.389 bits per heavy atom. The summed E-state index contributed by atoms with van der Waals surface area (Å²) in [6, 6.07) is -0.581. The smallest absolute Gasteiger partial charge is 0.305 e. The van der Waals surface area contributed by atoms with Gasteiger partial charge in [-0.3, -0.25) is 62.3 Å². The van der Waals surface area contributed by atoms with Crippen LogP contribution in [0.4, 0.5) is 0 Å². The van der Waals surface area contributed by atoms with Crippen LogP contribution in [0.3, 0.4) is 0 Å². The highest BCUT2D eigenvalue weighted by Crippen LogP contribution is 2.17. The maximum atomic E-state index is 13.0. The van der Waals surface area contributed by atoms with Gasteiger partial charge in [-0.1, -0.05) is 6.42 Å². The molecule has 0 bridgehead atoms. The topological polar surface area (TPSA) is 366 Å². The fraction of sp³-hybridized carbons (Fsp3) is 0.740. The van der Waals surface area contributed by atoms with Gasteiger partial charge in [0.25, 0.3) is 0 Å². The van der Waals surface area contributed by atoms with E-state index in [9.17, 15) is 62.3 Å². The van der Waals surface area contributed by atoms with Gasteiger partial charge in [-0.05, 0) is 77.3 Å². The molecule has 0 aromatic heterocycles. The van der Waals surface area contributed by atoms with E-state index >= 15 is 0 Å². The molecule has 0 aromatic carbocycles. The standard InChI is InChI=1S/C50H84N8O14/c1-36(59)58-43(21-3-5-29-52)44(65)22-10-19-41(63)17-8-15-39(61)13-6-12-38(60)14-7-16-40(62)18-9-20-42(64)35-37(11-2-4-28-51)50(72)57-33-26-48(69)55-31-24-46(67)53-30-23-45(66)54-32-25-47(68)56-34-27-49(70)71/h37,43H,2-35,51-52H2,1H3,(H,53,67)(H,54,66)(H,55,69)(H,56,68)(H,57,72)(H,58,59)(H,70,71). The van der Waals surface area contributed by atoms with Gasteiger partial charge in [0, 0.05) is 142 Å². The third-order valence-electron chi connectivity index (χ3n) is 11.4. The molecule has 0 saturated carbocycles. The molecule has 0 aliphatic carbocycles. The summed E-state index contributed by atoms with van der Waals surface area (Å²) in [6.45, 7) is 2.38. The number of amides is 6. The Balaban J connectivity index is 4.27. The van der Waals surface area contributed by atoms with Crippen molar-refractivity contribution in [2.45, 2.75) is 186 Å². The van der Waals surface area contributed by atoms with E-state index in [1.807, 2.05) is 0 Å². The number of carboxylic acids is 1. The molecule has 0 aliphatic rings. The van der Waals surface area contributed by atoms with Crippen molar-refractivity contribution in [1.82, 2.24) is 31.9 Å². The van der Waals surface area contributed by atoms with E-state index in [2.05, 4.69) is 31.9 Å². The maximum Gasteiger partial charge on any atom is 0.305 e. The Kier molecular flexibility index (Phi) is 39.4. The van der Waals surface area contributed by atoms with Crippen molar-refractivity contribution in [3.63, 3.8) is 0 Å². The molecular weight excluding hydrogens is 937 g/mol. The summed E-state index contributed by atoms with van der Waals surface area (Å²) in [5.41, 5.74) is 11.1. The lowest BCUT2D eigenvalue weighted by Crippen LogP contribution is -2.39. The lowest BCUT2D eigenvalue weighted by Gasteiger charge is -2.16. The van der Waals surface area contributed by atoms with Crippen LogP contribution >= 0.6 is 0 Å². The molecule has 408 valence electrons. The largest absolute Gasteiger partial charge is 0.481 e. The Hall–Kier alpha value is -5.77. The van der Waals surface area contributed by atoms with Gasteiger partial charge in [0.05, 0.1) is 12.5 Å². The summed E-state index contributed by atoms with van der Waals surface area (Å²) in [6.07, 6.45) is 7.00. The first-order valence-electron chi connectivity index (χ1n) is 25.7. The Bertz CT molecular complexity index is 1760. The molecule has 72 heavy (non-hydrogen) atoms. The molecule has 0 saturated heterocycles. The van der Waals surface area contributed by atoms with Crippen LogP contribution in [0.1, 0.15) is 180 Å². The van der Waals surface area contributed by atoms with Crippen molar-refractivity contribution in [1.29, 1.82) is 0 Å². The van der Waals surface area contributed by atoms with E-state index in [1.54, 1.807) is 0 Å². The summed E-state index contributed by atoms with van der Waals surface area (Å²) in [5.74, 6) is -4.43. The summed E-state index contributed by atoms with van der Waals surface area (Å²) < 4.78 is 0. The van der Waals surface area contributed by atoms with Crippen LogP contribution < -0.4 is 43.4 Å². The molecule has 22 heteroatoms. The van der Waals surface area contributed by atoms with Crippen LogP contribution in [0.5, 0.6) is 0 Å². The van der Waals surface area contributed by atoms with Gasteiger partial charge >= 0.3 is 5.97 Å². The van der Waals surface area contributed by atoms with Gasteiger partial charge in [0.15, 0.2) is 5.78 Å². The van der Waals surface area contributed by atoms with E-state index in [0.717, 1.165) is 6.42 Å². The summed E-state index contributed by atoms with van der Waals surface area (Å²) in [5, 5.41) is 24.0. The second kappa shape index (κ2) is 42.9. The molecule has 0 aliphatic heterocycles. The summed E-state index contributed by atoms with van der Waals surface area (Å²) in [7, 11) is 0. The predicted octanol–water partition coefficient (Wildman–Crippen LogP) is 1.64. The first-order valence-corrected chi connectivity index (χ1v) is 25.7. The van der Waals surface area contributed by atoms with Crippen molar-refractivity contribution in [3.05, 3.63) is 0 Å². The van der Waals surface area contributed by atoms with Crippen LogP contribution in [0, 0.1) is 5.92 Å². The molecule has 0 aromatic rings. The van der Waals surface area contributed by atoms with E-state index in [-0.39, 0.29) is 182 Å². The fourth-order valence-corrected chi connectivity index (χ4v) is 7.41. The molecule has 11 N–H and O–H groups in total. The molecule has 0 heterocycles. The van der Waals surface area contributed by atoms with Crippen molar-refractivity contribution < 1.29 is 67.4 Å². The van der Waals surface area contributed by atoms with Crippen molar-refractivity contribution in [3.8, 4) is 0 Å². The Labute approximate surface area is 423 Å². The van der Waals surface area contributed by atoms with Crippen molar-refractivity contribution in [2.24, 2.45) is 17.4 Å². The number of aliphatic carboxylic acids is 1. The minimum atomic E-state index is -1.04. The number of nitrogens with two attached hydrogens (primary N) is 2. The third-order valence-corrected chi connectivity index (χ3v) is 11.4. The van der Waals surface area contributed by atoms with E-state index in [4.69, 9.17) is 16.6 Å². The van der Waals surface area contributed by atoms with Gasteiger partial charge in [0.2, 0.25) is 35.4 Å². The predicted molar refractivity (Wildman–Crippen MR) is 267 cm³/mol. The second-order valence-corrected chi connectivity index (χ2v) is 18.0. The number of hydrogen-bond donors (Lipinski definition) is 9. The van der Waals surface area contributed by atoms with E-state index < -0.39 is 41.6 Å². The highest BCUT2D eigenvalue weighted by atomic mass is 16.4. The Morgan fingerprint density at radius 3 is 1.08 bits per heavy atom. The molecular formula is C50H84N8O14. The molecule has 22 nitrogen and oxygen atoms in total. The van der Waals surface area contributed by atoms with Crippen molar-refractivity contribution in [2.75, 3.05) is 45.8 Å². The molecule has 0 fully saturated rings. The number of carbonyl (C=O) groups is 13. The van der Waals surface area contributed by atoms with Crippen LogP contribution in [0.15, 0.2) is 0 Å². The van der Waals surface area contributed by atoms with E-state index in [0.29, 0.717) is 77.3 Å². The quantitative estimate of drug-likeness (QED) is 0.0391. The number of ketones is 6. The summed E-state index contributed by atoms with van der Waals surface area (Å²) >= 11 is 0. The number of carbonyl (C=O) groups excluding carboxylic acids is 12. The van der Waals surface area contributed by atoms with Gasteiger partial charge in [-0.2, -0.15) is 0 Å².